The van der Waals surface area contributed by atoms with Crippen molar-refractivity contribution >= 4 is 11.6 Å². The van der Waals surface area contributed by atoms with Crippen LogP contribution in [0.1, 0.15) is 31.8 Å². The first-order chi connectivity index (χ1) is 9.09. The lowest BCUT2D eigenvalue weighted by molar-refractivity contribution is -0.877. The second-order valence-corrected chi connectivity index (χ2v) is 5.18. The van der Waals surface area contributed by atoms with E-state index in [-0.39, 0.29) is 11.6 Å². The summed E-state index contributed by atoms with van der Waals surface area (Å²) in [5, 5.41) is 0. The smallest absolute Gasteiger partial charge is 0.285 e. The molecule has 0 N–H and O–H groups in total. The molecule has 0 unspecified atom stereocenters. The fourth-order valence-electron chi connectivity index (χ4n) is 3.09. The van der Waals surface area contributed by atoms with Crippen molar-refractivity contribution in [3.8, 4) is 11.4 Å². The first kappa shape index (κ1) is 10.6. The summed E-state index contributed by atoms with van der Waals surface area (Å²) in [5.74, 6) is -0.755. The molecule has 0 fully saturated rings. The monoisotopic (exact) mass is 252 g/mol. The van der Waals surface area contributed by atoms with E-state index in [0.717, 1.165) is 22.5 Å². The Bertz CT molecular complexity index is 739. The van der Waals surface area contributed by atoms with Crippen LogP contribution in [0.2, 0.25) is 0 Å². The van der Waals surface area contributed by atoms with E-state index in [0.29, 0.717) is 17.8 Å². The van der Waals surface area contributed by atoms with E-state index >= 15 is 0 Å². The van der Waals surface area contributed by atoms with Gasteiger partial charge in [0.1, 0.15) is 11.1 Å². The Balaban J connectivity index is 2.26. The SMILES string of the molecule is Cc1cc[n+]2c3c1C(=O)C(=O)c1c(C)cc[n+](c1-3)C2. The zero-order valence-corrected chi connectivity index (χ0v) is 10.7. The van der Waals surface area contributed by atoms with E-state index in [1.165, 1.54) is 0 Å². The number of hydrogen-bond acceptors (Lipinski definition) is 2. The van der Waals surface area contributed by atoms with Crippen LogP contribution in [0.5, 0.6) is 0 Å². The molecule has 2 aromatic heterocycles. The van der Waals surface area contributed by atoms with Gasteiger partial charge in [-0.1, -0.05) is 0 Å². The van der Waals surface area contributed by atoms with Crippen molar-refractivity contribution in [3.63, 3.8) is 0 Å². The third kappa shape index (κ3) is 1.09. The van der Waals surface area contributed by atoms with E-state index in [2.05, 4.69) is 0 Å². The number of hydrogen-bond donors (Lipinski definition) is 0. The summed E-state index contributed by atoms with van der Waals surface area (Å²) >= 11 is 0. The normalized spacial score (nSPS) is 14.8. The first-order valence-corrected chi connectivity index (χ1v) is 6.25. The second kappa shape index (κ2) is 3.15. The molecule has 0 amide bonds. The van der Waals surface area contributed by atoms with Gasteiger partial charge in [0.15, 0.2) is 12.4 Å². The van der Waals surface area contributed by atoms with Crippen LogP contribution in [-0.4, -0.2) is 11.6 Å². The topological polar surface area (TPSA) is 41.9 Å². The Kier molecular flexibility index (Phi) is 1.75. The van der Waals surface area contributed by atoms with E-state index in [1.54, 1.807) is 0 Å². The molecule has 0 bridgehead atoms. The average Bonchev–Trinajstić information content (AvgIpc) is 2.75. The molecule has 0 aromatic carbocycles. The zero-order chi connectivity index (χ0) is 13.3. The molecule has 0 saturated heterocycles. The van der Waals surface area contributed by atoms with E-state index < -0.39 is 0 Å². The van der Waals surface area contributed by atoms with Gasteiger partial charge in [-0.3, -0.25) is 9.59 Å². The maximum Gasteiger partial charge on any atom is 0.345 e. The lowest BCUT2D eigenvalue weighted by Crippen LogP contribution is -2.45. The predicted octanol–water partition coefficient (Wildman–Crippen LogP) is 0.744. The fraction of sp³-hybridized carbons (Fsp3) is 0.200. The van der Waals surface area contributed by atoms with Crippen molar-refractivity contribution in [3.05, 3.63) is 46.8 Å². The summed E-state index contributed by atoms with van der Waals surface area (Å²) in [5.41, 5.74) is 4.65. The molecule has 0 spiro atoms. The number of aromatic nitrogens is 2. The predicted molar refractivity (Wildman–Crippen MR) is 65.8 cm³/mol. The van der Waals surface area contributed by atoms with Crippen molar-refractivity contribution in [2.24, 2.45) is 0 Å². The fourth-order valence-corrected chi connectivity index (χ4v) is 3.09. The number of rotatable bonds is 0. The Morgan fingerprint density at radius 2 is 1.26 bits per heavy atom. The minimum Gasteiger partial charge on any atom is -0.285 e. The molecule has 0 radical (unpaired) electrons. The van der Waals surface area contributed by atoms with Crippen LogP contribution in [-0.2, 0) is 6.67 Å². The molecule has 0 saturated carbocycles. The Morgan fingerprint density at radius 3 is 1.68 bits per heavy atom. The van der Waals surface area contributed by atoms with Gasteiger partial charge in [0, 0.05) is 12.1 Å². The van der Waals surface area contributed by atoms with Gasteiger partial charge in [-0.05, 0) is 25.0 Å². The first-order valence-electron chi connectivity index (χ1n) is 6.25. The van der Waals surface area contributed by atoms with E-state index in [1.807, 2.05) is 47.5 Å². The number of ketones is 2. The van der Waals surface area contributed by atoms with E-state index in [4.69, 9.17) is 0 Å². The highest BCUT2D eigenvalue weighted by atomic mass is 16.2. The zero-order valence-electron chi connectivity index (χ0n) is 10.7. The van der Waals surface area contributed by atoms with Crippen molar-refractivity contribution < 1.29 is 18.7 Å². The quantitative estimate of drug-likeness (QED) is 0.437. The summed E-state index contributed by atoms with van der Waals surface area (Å²) in [7, 11) is 0. The number of Topliss-reactive ketones (excluding diaryl/α,β-unsaturated/α-hetero) is 2. The maximum atomic E-state index is 12.4. The molecule has 4 heteroatoms. The Labute approximate surface area is 109 Å². The summed E-state index contributed by atoms with van der Waals surface area (Å²) < 4.78 is 4.07. The second-order valence-electron chi connectivity index (χ2n) is 5.18. The average molecular weight is 252 g/mol. The number of pyridine rings is 2. The van der Waals surface area contributed by atoms with Crippen LogP contribution >= 0.6 is 0 Å². The molecule has 1 aliphatic carbocycles. The molecule has 2 aliphatic rings. The van der Waals surface area contributed by atoms with Gasteiger partial charge in [-0.2, -0.15) is 0 Å². The molecular formula is C15H12N2O2+2. The summed E-state index contributed by atoms with van der Waals surface area (Å²) in [6.45, 7) is 4.42. The van der Waals surface area contributed by atoms with Crippen LogP contribution < -0.4 is 9.13 Å². The van der Waals surface area contributed by atoms with Gasteiger partial charge < -0.3 is 0 Å². The van der Waals surface area contributed by atoms with Crippen LogP contribution in [0.3, 0.4) is 0 Å². The van der Waals surface area contributed by atoms with Crippen LogP contribution in [0, 0.1) is 13.8 Å². The summed E-state index contributed by atoms with van der Waals surface area (Å²) in [6.07, 6.45) is 3.95. The van der Waals surface area contributed by atoms with Gasteiger partial charge in [-0.15, -0.1) is 9.13 Å². The largest absolute Gasteiger partial charge is 0.345 e. The van der Waals surface area contributed by atoms with Crippen molar-refractivity contribution in [2.75, 3.05) is 0 Å². The minimum absolute atomic E-state index is 0.378. The van der Waals surface area contributed by atoms with Gasteiger partial charge in [0.2, 0.25) is 11.6 Å². The number of carbonyl (C=O) groups excluding carboxylic acids is 2. The molecule has 3 heterocycles. The summed E-state index contributed by atoms with van der Waals surface area (Å²) in [4.78, 5) is 24.7. The highest BCUT2D eigenvalue weighted by Crippen LogP contribution is 2.33. The third-order valence-corrected chi connectivity index (χ3v) is 4.04. The molecule has 2 aromatic rings. The molecule has 19 heavy (non-hydrogen) atoms. The standard InChI is InChI=1S/C15H12N2O2/c1-8-3-5-16-7-17-6-4-9(2)11-13(17)12(16)10(8)14(18)15(11)19/h3-6H,7H2,1-2H3/q+2. The van der Waals surface area contributed by atoms with Crippen molar-refractivity contribution in [1.82, 2.24) is 0 Å². The van der Waals surface area contributed by atoms with E-state index in [9.17, 15) is 9.59 Å². The van der Waals surface area contributed by atoms with Gasteiger partial charge in [0.05, 0.1) is 0 Å². The lowest BCUT2D eigenvalue weighted by atomic mass is 9.86. The van der Waals surface area contributed by atoms with Crippen LogP contribution in [0.4, 0.5) is 0 Å². The molecule has 1 aliphatic heterocycles. The molecule has 0 atom stereocenters. The molecule has 92 valence electrons. The molecule has 4 rings (SSSR count). The number of nitrogens with zero attached hydrogens (tertiary/aromatic N) is 2. The molecule has 4 nitrogen and oxygen atoms in total. The highest BCUT2D eigenvalue weighted by Gasteiger charge is 2.49. The lowest BCUT2D eigenvalue weighted by Gasteiger charge is -2.11. The number of carbonyl (C=O) groups is 2. The van der Waals surface area contributed by atoms with Gasteiger partial charge in [0.25, 0.3) is 11.4 Å². The Hall–Kier alpha value is -2.36. The Morgan fingerprint density at radius 1 is 0.842 bits per heavy atom. The third-order valence-electron chi connectivity index (χ3n) is 4.04. The summed E-state index contributed by atoms with van der Waals surface area (Å²) in [6, 6.07) is 3.79. The van der Waals surface area contributed by atoms with Crippen molar-refractivity contribution in [1.29, 1.82) is 0 Å². The highest BCUT2D eigenvalue weighted by molar-refractivity contribution is 6.52. The van der Waals surface area contributed by atoms with Crippen molar-refractivity contribution in [2.45, 2.75) is 20.5 Å². The maximum absolute atomic E-state index is 12.4. The van der Waals surface area contributed by atoms with Crippen LogP contribution in [0.25, 0.3) is 11.4 Å². The van der Waals surface area contributed by atoms with Crippen LogP contribution in [0.15, 0.2) is 24.5 Å². The molecular weight excluding hydrogens is 240 g/mol. The van der Waals surface area contributed by atoms with Gasteiger partial charge >= 0.3 is 6.67 Å². The van der Waals surface area contributed by atoms with Gasteiger partial charge in [-0.25, -0.2) is 0 Å². The number of aryl methyl sites for hydroxylation is 2. The minimum atomic E-state index is -0.378.